The first-order chi connectivity index (χ1) is 11.5. The van der Waals surface area contributed by atoms with Gasteiger partial charge in [0.25, 0.3) is 0 Å². The van der Waals surface area contributed by atoms with Gasteiger partial charge in [-0.05, 0) is 26.3 Å². The second-order valence-corrected chi connectivity index (χ2v) is 8.89. The van der Waals surface area contributed by atoms with Crippen molar-refractivity contribution in [2.75, 3.05) is 11.5 Å². The van der Waals surface area contributed by atoms with Crippen LogP contribution in [0.3, 0.4) is 0 Å². The van der Waals surface area contributed by atoms with Crippen LogP contribution in [-0.4, -0.2) is 43.6 Å². The highest BCUT2D eigenvalue weighted by molar-refractivity contribution is 7.91. The Morgan fingerprint density at radius 2 is 1.76 bits per heavy atom. The van der Waals surface area contributed by atoms with Gasteiger partial charge in [-0.1, -0.05) is 37.3 Å². The van der Waals surface area contributed by atoms with Crippen molar-refractivity contribution in [1.29, 1.82) is 0 Å². The first-order valence-corrected chi connectivity index (χ1v) is 9.75. The predicted molar refractivity (Wildman–Crippen MR) is 93.7 cm³/mol. The number of rotatable bonds is 7. The molecule has 1 rings (SSSR count). The molecular formula is C17H25NO6S. The van der Waals surface area contributed by atoms with E-state index in [0.29, 0.717) is 0 Å². The molecule has 0 saturated carbocycles. The van der Waals surface area contributed by atoms with E-state index < -0.39 is 39.3 Å². The Labute approximate surface area is 148 Å². The molecule has 1 N–H and O–H groups in total. The van der Waals surface area contributed by atoms with Crippen LogP contribution >= 0.6 is 0 Å². The zero-order valence-electron chi connectivity index (χ0n) is 14.9. The summed E-state index contributed by atoms with van der Waals surface area (Å²) in [6.45, 7) is 6.45. The summed E-state index contributed by atoms with van der Waals surface area (Å²) in [7, 11) is -3.50. The van der Waals surface area contributed by atoms with Crippen molar-refractivity contribution < 1.29 is 27.5 Å². The summed E-state index contributed by atoms with van der Waals surface area (Å²) in [4.78, 5) is 24.1. The van der Waals surface area contributed by atoms with Crippen LogP contribution in [0.5, 0.6) is 0 Å². The van der Waals surface area contributed by atoms with Gasteiger partial charge in [0.05, 0.1) is 5.75 Å². The lowest BCUT2D eigenvalue weighted by atomic mass is 10.2. The summed E-state index contributed by atoms with van der Waals surface area (Å²) >= 11 is 0. The third-order valence-corrected chi connectivity index (χ3v) is 4.78. The molecular weight excluding hydrogens is 346 g/mol. The summed E-state index contributed by atoms with van der Waals surface area (Å²) in [6.07, 6.45) is -0.883. The summed E-state index contributed by atoms with van der Waals surface area (Å²) < 4.78 is 33.9. The van der Waals surface area contributed by atoms with Crippen LogP contribution in [0.1, 0.15) is 33.3 Å². The molecule has 0 heterocycles. The van der Waals surface area contributed by atoms with Crippen LogP contribution in [0.15, 0.2) is 30.3 Å². The number of nitrogens with one attached hydrogen (secondary N) is 1. The monoisotopic (exact) mass is 371 g/mol. The number of hydrogen-bond donors (Lipinski definition) is 1. The molecule has 0 aliphatic rings. The van der Waals surface area contributed by atoms with E-state index in [1.807, 2.05) is 6.07 Å². The number of sulfone groups is 1. The number of amides is 1. The van der Waals surface area contributed by atoms with Crippen LogP contribution in [0, 0.1) is 0 Å². The van der Waals surface area contributed by atoms with Gasteiger partial charge in [-0.2, -0.15) is 0 Å². The molecule has 25 heavy (non-hydrogen) atoms. The fourth-order valence-corrected chi connectivity index (χ4v) is 2.78. The number of esters is 1. The molecule has 1 aromatic rings. The highest BCUT2D eigenvalue weighted by Crippen LogP contribution is 2.10. The van der Waals surface area contributed by atoms with Crippen molar-refractivity contribution in [2.45, 2.75) is 45.9 Å². The Balaban J connectivity index is 2.74. The quantitative estimate of drug-likeness (QED) is 0.737. The first-order valence-electron chi connectivity index (χ1n) is 7.93. The Hall–Kier alpha value is -2.09. The van der Waals surface area contributed by atoms with Crippen LogP contribution in [0.4, 0.5) is 4.79 Å². The molecule has 0 spiro atoms. The van der Waals surface area contributed by atoms with E-state index in [-0.39, 0.29) is 12.4 Å². The lowest BCUT2D eigenvalue weighted by Gasteiger charge is -2.24. The van der Waals surface area contributed by atoms with Gasteiger partial charge < -0.3 is 14.8 Å². The second kappa shape index (κ2) is 8.84. The van der Waals surface area contributed by atoms with E-state index in [1.165, 1.54) is 6.92 Å². The fourth-order valence-electron chi connectivity index (χ4n) is 1.82. The van der Waals surface area contributed by atoms with Gasteiger partial charge in [0.15, 0.2) is 9.84 Å². The van der Waals surface area contributed by atoms with Crippen LogP contribution in [0.25, 0.3) is 0 Å². The SMILES string of the molecule is CCS(=O)(=O)CC(NC(=O)OCc1ccccc1)C(=O)OC(C)(C)C. The number of ether oxygens (including phenoxy) is 2. The van der Waals surface area contributed by atoms with E-state index in [0.717, 1.165) is 5.56 Å². The Kier molecular flexibility index (Phi) is 7.41. The molecule has 140 valence electrons. The molecule has 0 aliphatic carbocycles. The van der Waals surface area contributed by atoms with Gasteiger partial charge in [-0.15, -0.1) is 0 Å². The molecule has 1 amide bonds. The average molecular weight is 371 g/mol. The standard InChI is InChI=1S/C17H25NO6S/c1-5-25(21,22)12-14(15(19)24-17(2,3)4)18-16(20)23-11-13-9-7-6-8-10-13/h6-10,14H,5,11-12H2,1-4H3,(H,18,20). The average Bonchev–Trinajstić information content (AvgIpc) is 2.51. The number of carbonyl (C=O) groups is 2. The molecule has 0 bridgehead atoms. The van der Waals surface area contributed by atoms with Gasteiger partial charge in [-0.25, -0.2) is 18.0 Å². The molecule has 0 saturated heterocycles. The first kappa shape index (κ1) is 21.0. The predicted octanol–water partition coefficient (Wildman–Crippen LogP) is 2.06. The van der Waals surface area contributed by atoms with Crippen LogP contribution in [0.2, 0.25) is 0 Å². The molecule has 8 heteroatoms. The third-order valence-electron chi connectivity index (χ3n) is 3.06. The highest BCUT2D eigenvalue weighted by atomic mass is 32.2. The minimum Gasteiger partial charge on any atom is -0.458 e. The third kappa shape index (κ3) is 8.53. The number of carbonyl (C=O) groups excluding carboxylic acids is 2. The topological polar surface area (TPSA) is 98.8 Å². The van der Waals surface area contributed by atoms with Crippen molar-refractivity contribution >= 4 is 21.9 Å². The molecule has 0 fully saturated rings. The molecule has 1 unspecified atom stereocenters. The number of hydrogen-bond acceptors (Lipinski definition) is 6. The smallest absolute Gasteiger partial charge is 0.408 e. The van der Waals surface area contributed by atoms with Crippen molar-refractivity contribution in [3.8, 4) is 0 Å². The van der Waals surface area contributed by atoms with Crippen molar-refractivity contribution in [3.05, 3.63) is 35.9 Å². The van der Waals surface area contributed by atoms with Crippen LogP contribution in [-0.2, 0) is 30.7 Å². The maximum absolute atomic E-state index is 12.2. The van der Waals surface area contributed by atoms with Crippen molar-refractivity contribution in [1.82, 2.24) is 5.32 Å². The molecule has 0 aromatic heterocycles. The van der Waals surface area contributed by atoms with Crippen molar-refractivity contribution in [3.63, 3.8) is 0 Å². The zero-order valence-corrected chi connectivity index (χ0v) is 15.8. The second-order valence-electron chi connectivity index (χ2n) is 6.49. The van der Waals surface area contributed by atoms with E-state index >= 15 is 0 Å². The van der Waals surface area contributed by atoms with Crippen molar-refractivity contribution in [2.24, 2.45) is 0 Å². The minimum atomic E-state index is -3.50. The zero-order chi connectivity index (χ0) is 19.1. The Morgan fingerprint density at radius 1 is 1.16 bits per heavy atom. The maximum Gasteiger partial charge on any atom is 0.408 e. The van der Waals surface area contributed by atoms with E-state index in [1.54, 1.807) is 45.0 Å². The molecule has 1 atom stereocenters. The molecule has 0 aliphatic heterocycles. The lowest BCUT2D eigenvalue weighted by molar-refractivity contribution is -0.156. The summed E-state index contributed by atoms with van der Waals surface area (Å²) in [5, 5.41) is 2.29. The minimum absolute atomic E-state index is 0.00817. The van der Waals surface area contributed by atoms with Gasteiger partial charge in [0, 0.05) is 5.75 Å². The number of benzene rings is 1. The Bertz CT molecular complexity index is 679. The van der Waals surface area contributed by atoms with Gasteiger partial charge in [0.1, 0.15) is 18.2 Å². The largest absolute Gasteiger partial charge is 0.458 e. The van der Waals surface area contributed by atoms with Gasteiger partial charge >= 0.3 is 12.1 Å². The molecule has 7 nitrogen and oxygen atoms in total. The Morgan fingerprint density at radius 3 is 2.28 bits per heavy atom. The number of alkyl carbamates (subject to hydrolysis) is 1. The summed E-state index contributed by atoms with van der Waals surface area (Å²) in [5.41, 5.74) is -0.0337. The molecule has 0 radical (unpaired) electrons. The van der Waals surface area contributed by atoms with Gasteiger partial charge in [0.2, 0.25) is 0 Å². The van der Waals surface area contributed by atoms with E-state index in [4.69, 9.17) is 9.47 Å². The summed E-state index contributed by atoms with van der Waals surface area (Å²) in [5.74, 6) is -1.51. The van der Waals surface area contributed by atoms with E-state index in [2.05, 4.69) is 5.32 Å². The van der Waals surface area contributed by atoms with E-state index in [9.17, 15) is 18.0 Å². The lowest BCUT2D eigenvalue weighted by Crippen LogP contribution is -2.48. The highest BCUT2D eigenvalue weighted by Gasteiger charge is 2.31. The maximum atomic E-state index is 12.2. The normalized spacial score (nSPS) is 13.0. The fraction of sp³-hybridized carbons (Fsp3) is 0.529. The van der Waals surface area contributed by atoms with Gasteiger partial charge in [-0.3, -0.25) is 0 Å². The van der Waals surface area contributed by atoms with Crippen LogP contribution < -0.4 is 5.32 Å². The summed E-state index contributed by atoms with van der Waals surface area (Å²) in [6, 6.07) is 7.66. The molecule has 1 aromatic carbocycles.